The number of carbonyl (C=O) groups excluding carboxylic acids is 1. The lowest BCUT2D eigenvalue weighted by atomic mass is 10.1. The van der Waals surface area contributed by atoms with Crippen molar-refractivity contribution in [3.8, 4) is 0 Å². The van der Waals surface area contributed by atoms with Crippen molar-refractivity contribution >= 4 is 34.6 Å². The van der Waals surface area contributed by atoms with E-state index in [1.54, 1.807) is 18.2 Å². The van der Waals surface area contributed by atoms with Gasteiger partial charge in [0.25, 0.3) is 11.6 Å². The fourth-order valence-corrected chi connectivity index (χ4v) is 3.28. The molecular formula is C18H18ClFN4O3. The Morgan fingerprint density at radius 1 is 1.33 bits per heavy atom. The van der Waals surface area contributed by atoms with Crippen molar-refractivity contribution in [3.63, 3.8) is 0 Å². The van der Waals surface area contributed by atoms with Gasteiger partial charge in [0.05, 0.1) is 15.5 Å². The standard InChI is InChI=1S/C18H18ClFN4O3/c1-21-18(25)14-8-13(24(26)27)3-5-17(14)22-11-6-7-23(10-11)12-2-4-16(20)15(19)9-12/h2-5,8-9,11,22H,6-7,10H2,1H3,(H,21,25). The van der Waals surface area contributed by atoms with Gasteiger partial charge in [-0.1, -0.05) is 11.6 Å². The van der Waals surface area contributed by atoms with Crippen molar-refractivity contribution in [1.82, 2.24) is 5.32 Å². The fraction of sp³-hybridized carbons (Fsp3) is 0.278. The number of amides is 1. The van der Waals surface area contributed by atoms with E-state index in [9.17, 15) is 19.3 Å². The summed E-state index contributed by atoms with van der Waals surface area (Å²) in [7, 11) is 1.47. The predicted molar refractivity (Wildman–Crippen MR) is 102 cm³/mol. The molecule has 3 rings (SSSR count). The van der Waals surface area contributed by atoms with Crippen LogP contribution in [0, 0.1) is 15.9 Å². The van der Waals surface area contributed by atoms with E-state index < -0.39 is 16.6 Å². The van der Waals surface area contributed by atoms with Gasteiger partial charge in [-0.15, -0.1) is 0 Å². The summed E-state index contributed by atoms with van der Waals surface area (Å²) in [5, 5.41) is 16.8. The van der Waals surface area contributed by atoms with Gasteiger partial charge < -0.3 is 15.5 Å². The number of halogens is 2. The molecule has 9 heteroatoms. The molecule has 2 aromatic carbocycles. The minimum atomic E-state index is -0.536. The zero-order valence-electron chi connectivity index (χ0n) is 14.5. The van der Waals surface area contributed by atoms with E-state index in [2.05, 4.69) is 15.5 Å². The number of non-ortho nitro benzene ring substituents is 1. The first-order valence-corrected chi connectivity index (χ1v) is 8.74. The fourth-order valence-electron chi connectivity index (χ4n) is 3.11. The largest absolute Gasteiger partial charge is 0.380 e. The first kappa shape index (κ1) is 18.9. The van der Waals surface area contributed by atoms with Gasteiger partial charge in [-0.05, 0) is 30.7 Å². The number of carbonyl (C=O) groups is 1. The third kappa shape index (κ3) is 4.11. The molecule has 1 aliphatic rings. The van der Waals surface area contributed by atoms with E-state index in [4.69, 9.17) is 11.6 Å². The maximum absolute atomic E-state index is 13.3. The van der Waals surface area contributed by atoms with Crippen LogP contribution in [0.4, 0.5) is 21.5 Å². The summed E-state index contributed by atoms with van der Waals surface area (Å²) in [5.74, 6) is -0.864. The van der Waals surface area contributed by atoms with Crippen LogP contribution in [0.1, 0.15) is 16.8 Å². The monoisotopic (exact) mass is 392 g/mol. The Morgan fingerprint density at radius 2 is 2.11 bits per heavy atom. The van der Waals surface area contributed by atoms with Crippen molar-refractivity contribution in [2.24, 2.45) is 0 Å². The summed E-state index contributed by atoms with van der Waals surface area (Å²) in [4.78, 5) is 24.6. The number of benzene rings is 2. The Kier molecular flexibility index (Phi) is 5.46. The lowest BCUT2D eigenvalue weighted by Crippen LogP contribution is -2.27. The van der Waals surface area contributed by atoms with Crippen molar-refractivity contribution in [1.29, 1.82) is 0 Å². The highest BCUT2D eigenvalue weighted by Crippen LogP contribution is 2.28. The second kappa shape index (κ2) is 7.79. The maximum Gasteiger partial charge on any atom is 0.270 e. The molecule has 0 aliphatic carbocycles. The van der Waals surface area contributed by atoms with Crippen molar-refractivity contribution in [2.75, 3.05) is 30.4 Å². The minimum Gasteiger partial charge on any atom is -0.380 e. The van der Waals surface area contributed by atoms with Crippen LogP contribution in [-0.2, 0) is 0 Å². The molecule has 1 amide bonds. The predicted octanol–water partition coefficient (Wildman–Crippen LogP) is 3.44. The third-order valence-electron chi connectivity index (χ3n) is 4.50. The Balaban J connectivity index is 1.77. The topological polar surface area (TPSA) is 87.5 Å². The van der Waals surface area contributed by atoms with Gasteiger partial charge in [0.2, 0.25) is 0 Å². The normalized spacial score (nSPS) is 16.3. The Labute approximate surface area is 160 Å². The highest BCUT2D eigenvalue weighted by molar-refractivity contribution is 6.31. The van der Waals surface area contributed by atoms with Crippen molar-refractivity contribution < 1.29 is 14.1 Å². The van der Waals surface area contributed by atoms with E-state index in [-0.39, 0.29) is 22.3 Å². The first-order chi connectivity index (χ1) is 12.9. The molecule has 2 N–H and O–H groups in total. The number of nitrogens with one attached hydrogen (secondary N) is 2. The van der Waals surface area contributed by atoms with E-state index in [0.29, 0.717) is 12.2 Å². The smallest absolute Gasteiger partial charge is 0.270 e. The summed E-state index contributed by atoms with van der Waals surface area (Å²) in [6, 6.07) is 8.78. The number of anilines is 2. The summed E-state index contributed by atoms with van der Waals surface area (Å²) in [6.45, 7) is 1.37. The second-order valence-electron chi connectivity index (χ2n) is 6.24. The maximum atomic E-state index is 13.3. The molecule has 0 spiro atoms. The van der Waals surface area contributed by atoms with Crippen LogP contribution in [-0.4, -0.2) is 37.0 Å². The second-order valence-corrected chi connectivity index (χ2v) is 6.65. The number of rotatable bonds is 5. The van der Waals surface area contributed by atoms with E-state index in [1.807, 2.05) is 0 Å². The van der Waals surface area contributed by atoms with Gasteiger partial charge >= 0.3 is 0 Å². The van der Waals surface area contributed by atoms with Crippen LogP contribution in [0.3, 0.4) is 0 Å². The van der Waals surface area contributed by atoms with E-state index >= 15 is 0 Å². The number of hydrogen-bond acceptors (Lipinski definition) is 5. The lowest BCUT2D eigenvalue weighted by molar-refractivity contribution is -0.384. The molecular weight excluding hydrogens is 375 g/mol. The molecule has 1 saturated heterocycles. The minimum absolute atomic E-state index is 0.0266. The molecule has 1 heterocycles. The molecule has 0 saturated carbocycles. The van der Waals surface area contributed by atoms with Gasteiger partial charge in [-0.3, -0.25) is 14.9 Å². The van der Waals surface area contributed by atoms with Crippen LogP contribution in [0.5, 0.6) is 0 Å². The molecule has 1 fully saturated rings. The number of hydrogen-bond donors (Lipinski definition) is 2. The molecule has 2 aromatic rings. The molecule has 0 aromatic heterocycles. The third-order valence-corrected chi connectivity index (χ3v) is 4.79. The van der Waals surface area contributed by atoms with Crippen LogP contribution in [0.25, 0.3) is 0 Å². The lowest BCUT2D eigenvalue weighted by Gasteiger charge is -2.20. The molecule has 0 bridgehead atoms. The zero-order chi connectivity index (χ0) is 19.6. The van der Waals surface area contributed by atoms with Crippen LogP contribution in [0.2, 0.25) is 5.02 Å². The van der Waals surface area contributed by atoms with Gasteiger partial charge in [-0.2, -0.15) is 0 Å². The average Bonchev–Trinajstić information content (AvgIpc) is 3.12. The SMILES string of the molecule is CNC(=O)c1cc([N+](=O)[O-])ccc1NC1CCN(c2ccc(F)c(Cl)c2)C1. The quantitative estimate of drug-likeness (QED) is 0.601. The highest BCUT2D eigenvalue weighted by Gasteiger charge is 2.25. The highest BCUT2D eigenvalue weighted by atomic mass is 35.5. The molecule has 7 nitrogen and oxygen atoms in total. The Bertz CT molecular complexity index is 893. The van der Waals surface area contributed by atoms with Gasteiger partial charge in [0, 0.05) is 49.7 Å². The number of nitro benzene ring substituents is 1. The van der Waals surface area contributed by atoms with Gasteiger partial charge in [0.15, 0.2) is 0 Å². The summed E-state index contributed by atoms with van der Waals surface area (Å²) >= 11 is 5.85. The van der Waals surface area contributed by atoms with E-state index in [1.165, 1.54) is 25.2 Å². The number of nitro groups is 1. The van der Waals surface area contributed by atoms with Crippen LogP contribution < -0.4 is 15.5 Å². The average molecular weight is 393 g/mol. The van der Waals surface area contributed by atoms with E-state index in [0.717, 1.165) is 18.7 Å². The van der Waals surface area contributed by atoms with Crippen LogP contribution >= 0.6 is 11.6 Å². The van der Waals surface area contributed by atoms with Gasteiger partial charge in [-0.25, -0.2) is 4.39 Å². The van der Waals surface area contributed by atoms with Gasteiger partial charge in [0.1, 0.15) is 5.82 Å². The zero-order valence-corrected chi connectivity index (χ0v) is 15.3. The molecule has 1 atom stereocenters. The van der Waals surface area contributed by atoms with Crippen LogP contribution in [0.15, 0.2) is 36.4 Å². The van der Waals surface area contributed by atoms with Crippen molar-refractivity contribution in [2.45, 2.75) is 12.5 Å². The molecule has 27 heavy (non-hydrogen) atoms. The Hall–Kier alpha value is -2.87. The summed E-state index contributed by atoms with van der Waals surface area (Å²) in [5.41, 5.74) is 1.42. The Morgan fingerprint density at radius 3 is 2.78 bits per heavy atom. The molecule has 1 aliphatic heterocycles. The number of nitrogens with zero attached hydrogens (tertiary/aromatic N) is 2. The molecule has 0 radical (unpaired) electrons. The van der Waals surface area contributed by atoms with Crippen molar-refractivity contribution in [3.05, 3.63) is 62.9 Å². The summed E-state index contributed by atoms with van der Waals surface area (Å²) in [6.07, 6.45) is 0.791. The molecule has 1 unspecified atom stereocenters. The summed E-state index contributed by atoms with van der Waals surface area (Å²) < 4.78 is 13.3. The molecule has 142 valence electrons. The first-order valence-electron chi connectivity index (χ1n) is 8.36.